The summed E-state index contributed by atoms with van der Waals surface area (Å²) < 4.78 is 5.40. The number of benzene rings is 1. The Hall–Kier alpha value is -2.73. The van der Waals surface area contributed by atoms with E-state index in [1.54, 1.807) is 23.7 Å². The summed E-state index contributed by atoms with van der Waals surface area (Å²) in [6.07, 6.45) is 4.61. The maximum atomic E-state index is 12.1. The highest BCUT2D eigenvalue weighted by atomic mass is 32.1. The lowest BCUT2D eigenvalue weighted by Crippen LogP contribution is -2.27. The molecule has 0 spiro atoms. The van der Waals surface area contributed by atoms with Crippen molar-refractivity contribution < 1.29 is 9.53 Å². The van der Waals surface area contributed by atoms with Gasteiger partial charge < -0.3 is 10.1 Å². The largest absolute Gasteiger partial charge is 0.494 e. The van der Waals surface area contributed by atoms with Crippen molar-refractivity contribution >= 4 is 17.2 Å². The van der Waals surface area contributed by atoms with E-state index < -0.39 is 0 Å². The van der Waals surface area contributed by atoms with Crippen molar-refractivity contribution in [3.05, 3.63) is 65.4 Å². The molecule has 0 aliphatic heterocycles. The van der Waals surface area contributed by atoms with Crippen molar-refractivity contribution in [3.63, 3.8) is 0 Å². The second kappa shape index (κ2) is 9.10. The summed E-state index contributed by atoms with van der Waals surface area (Å²) in [7, 11) is 0. The molecule has 26 heavy (non-hydrogen) atoms. The molecule has 134 valence electrons. The molecule has 1 amide bonds. The summed E-state index contributed by atoms with van der Waals surface area (Å²) in [5, 5.41) is 5.96. The molecule has 0 bridgehead atoms. The van der Waals surface area contributed by atoms with Gasteiger partial charge in [0.05, 0.1) is 18.7 Å². The van der Waals surface area contributed by atoms with Gasteiger partial charge in [0.2, 0.25) is 5.91 Å². The molecule has 0 saturated carbocycles. The Morgan fingerprint density at radius 2 is 1.92 bits per heavy atom. The van der Waals surface area contributed by atoms with Gasteiger partial charge in [0.1, 0.15) is 10.8 Å². The summed E-state index contributed by atoms with van der Waals surface area (Å²) in [4.78, 5) is 20.7. The van der Waals surface area contributed by atoms with Crippen LogP contribution >= 0.6 is 11.3 Å². The topological polar surface area (TPSA) is 64.1 Å². The molecule has 6 heteroatoms. The van der Waals surface area contributed by atoms with Crippen LogP contribution in [0.25, 0.3) is 10.6 Å². The number of pyridine rings is 1. The fourth-order valence-corrected chi connectivity index (χ4v) is 3.36. The van der Waals surface area contributed by atoms with Crippen molar-refractivity contribution in [1.29, 1.82) is 0 Å². The number of rotatable bonds is 8. The Morgan fingerprint density at radius 3 is 2.65 bits per heavy atom. The summed E-state index contributed by atoms with van der Waals surface area (Å²) >= 11 is 1.61. The molecule has 0 atom stereocenters. The zero-order chi connectivity index (χ0) is 18.2. The van der Waals surface area contributed by atoms with E-state index in [1.807, 2.05) is 48.7 Å². The van der Waals surface area contributed by atoms with Crippen LogP contribution < -0.4 is 10.1 Å². The zero-order valence-corrected chi connectivity index (χ0v) is 15.5. The van der Waals surface area contributed by atoms with Gasteiger partial charge in [-0.05, 0) is 36.8 Å². The zero-order valence-electron chi connectivity index (χ0n) is 14.6. The number of carbonyl (C=O) groups excluding carboxylic acids is 1. The third kappa shape index (κ3) is 5.13. The highest BCUT2D eigenvalue weighted by Gasteiger charge is 2.06. The van der Waals surface area contributed by atoms with Crippen LogP contribution in [0.1, 0.15) is 18.2 Å². The van der Waals surface area contributed by atoms with Crippen LogP contribution in [-0.4, -0.2) is 29.0 Å². The van der Waals surface area contributed by atoms with Crippen LogP contribution in [0, 0.1) is 0 Å². The van der Waals surface area contributed by atoms with E-state index in [4.69, 9.17) is 4.74 Å². The predicted molar refractivity (Wildman–Crippen MR) is 103 cm³/mol. The fourth-order valence-electron chi connectivity index (χ4n) is 2.50. The minimum absolute atomic E-state index is 0.0127. The average molecular weight is 367 g/mol. The summed E-state index contributed by atoms with van der Waals surface area (Å²) in [5.74, 6) is 0.837. The molecule has 2 heterocycles. The summed E-state index contributed by atoms with van der Waals surface area (Å²) in [5.41, 5.74) is 3.03. The number of ether oxygens (including phenoxy) is 1. The van der Waals surface area contributed by atoms with E-state index in [1.165, 1.54) is 0 Å². The van der Waals surface area contributed by atoms with Gasteiger partial charge in [0, 0.05) is 36.3 Å². The van der Waals surface area contributed by atoms with Crippen molar-refractivity contribution in [1.82, 2.24) is 15.3 Å². The Kier molecular flexibility index (Phi) is 6.33. The van der Waals surface area contributed by atoms with Crippen molar-refractivity contribution in [2.75, 3.05) is 13.2 Å². The molecule has 5 nitrogen and oxygen atoms in total. The maximum absolute atomic E-state index is 12.1. The van der Waals surface area contributed by atoms with Crippen LogP contribution in [0.15, 0.2) is 54.2 Å². The van der Waals surface area contributed by atoms with Crippen LogP contribution in [0.2, 0.25) is 0 Å². The van der Waals surface area contributed by atoms with Gasteiger partial charge >= 0.3 is 0 Å². The quantitative estimate of drug-likeness (QED) is 0.662. The number of thiazole rings is 1. The second-order valence-electron chi connectivity index (χ2n) is 5.73. The first-order valence-corrected chi connectivity index (χ1v) is 9.46. The van der Waals surface area contributed by atoms with Crippen LogP contribution in [0.3, 0.4) is 0 Å². The maximum Gasteiger partial charge on any atom is 0.224 e. The normalized spacial score (nSPS) is 10.5. The van der Waals surface area contributed by atoms with Crippen LogP contribution in [0.5, 0.6) is 5.75 Å². The Bertz CT molecular complexity index is 832. The van der Waals surface area contributed by atoms with Crippen molar-refractivity contribution in [3.8, 4) is 16.3 Å². The third-order valence-electron chi connectivity index (χ3n) is 3.78. The van der Waals surface area contributed by atoms with Gasteiger partial charge in [-0.25, -0.2) is 4.98 Å². The number of carbonyl (C=O) groups is 1. The van der Waals surface area contributed by atoms with Gasteiger partial charge in [-0.15, -0.1) is 11.3 Å². The molecule has 3 aromatic rings. The number of hydrogen-bond acceptors (Lipinski definition) is 5. The monoisotopic (exact) mass is 367 g/mol. The lowest BCUT2D eigenvalue weighted by molar-refractivity contribution is -0.120. The van der Waals surface area contributed by atoms with Crippen LogP contribution in [0.4, 0.5) is 0 Å². The van der Waals surface area contributed by atoms with E-state index in [2.05, 4.69) is 15.3 Å². The van der Waals surface area contributed by atoms with E-state index in [0.29, 0.717) is 19.6 Å². The fraction of sp³-hybridized carbons (Fsp3) is 0.250. The summed E-state index contributed by atoms with van der Waals surface area (Å²) in [6, 6.07) is 11.5. The summed E-state index contributed by atoms with van der Waals surface area (Å²) in [6.45, 7) is 3.17. The van der Waals surface area contributed by atoms with Crippen LogP contribution in [-0.2, 0) is 17.6 Å². The van der Waals surface area contributed by atoms with Crippen molar-refractivity contribution in [2.24, 2.45) is 0 Å². The smallest absolute Gasteiger partial charge is 0.224 e. The molecule has 1 aromatic carbocycles. The minimum Gasteiger partial charge on any atom is -0.494 e. The van der Waals surface area contributed by atoms with E-state index in [9.17, 15) is 4.79 Å². The molecule has 0 aliphatic carbocycles. The first-order valence-electron chi connectivity index (χ1n) is 8.58. The number of nitrogens with one attached hydrogen (secondary N) is 1. The number of nitrogens with zero attached hydrogens (tertiary/aromatic N) is 2. The number of hydrogen-bond donors (Lipinski definition) is 1. The standard InChI is InChI=1S/C20H21N3O2S/c1-2-25-18-5-3-15(4-6-18)13-19(24)22-12-9-17-14-26-20(23-17)16-7-10-21-11-8-16/h3-8,10-11,14H,2,9,12-13H2,1H3,(H,22,24). The Morgan fingerprint density at radius 1 is 1.15 bits per heavy atom. The van der Waals surface area contributed by atoms with Crippen molar-refractivity contribution in [2.45, 2.75) is 19.8 Å². The lowest BCUT2D eigenvalue weighted by Gasteiger charge is -2.06. The van der Waals surface area contributed by atoms with Gasteiger partial charge in [-0.2, -0.15) is 0 Å². The minimum atomic E-state index is 0.0127. The van der Waals surface area contributed by atoms with E-state index in [-0.39, 0.29) is 5.91 Å². The second-order valence-corrected chi connectivity index (χ2v) is 6.59. The molecule has 0 aliphatic rings. The number of amides is 1. The highest BCUT2D eigenvalue weighted by molar-refractivity contribution is 7.13. The Balaban J connectivity index is 1.44. The van der Waals surface area contributed by atoms with E-state index in [0.717, 1.165) is 34.0 Å². The molecule has 1 N–H and O–H groups in total. The molecule has 0 unspecified atom stereocenters. The molecule has 0 saturated heterocycles. The van der Waals surface area contributed by atoms with Gasteiger partial charge in [-0.3, -0.25) is 9.78 Å². The lowest BCUT2D eigenvalue weighted by atomic mass is 10.1. The molecule has 3 rings (SSSR count). The first-order chi connectivity index (χ1) is 12.7. The van der Waals surface area contributed by atoms with Gasteiger partial charge in [0.25, 0.3) is 0 Å². The average Bonchev–Trinajstić information content (AvgIpc) is 3.13. The Labute approximate surface area is 157 Å². The molecular formula is C20H21N3O2S. The SMILES string of the molecule is CCOc1ccc(CC(=O)NCCc2csc(-c3ccncc3)n2)cc1. The predicted octanol–water partition coefficient (Wildman–Crippen LogP) is 3.51. The molecule has 0 fully saturated rings. The van der Waals surface area contributed by atoms with Gasteiger partial charge in [-0.1, -0.05) is 12.1 Å². The third-order valence-corrected chi connectivity index (χ3v) is 4.72. The van der Waals surface area contributed by atoms with Gasteiger partial charge in [0.15, 0.2) is 0 Å². The molecule has 2 aromatic heterocycles. The number of aromatic nitrogens is 2. The first kappa shape index (κ1) is 18.1. The molecule has 0 radical (unpaired) electrons. The van der Waals surface area contributed by atoms with E-state index >= 15 is 0 Å². The highest BCUT2D eigenvalue weighted by Crippen LogP contribution is 2.22. The molecular weight excluding hydrogens is 346 g/mol.